The summed E-state index contributed by atoms with van der Waals surface area (Å²) in [5, 5.41) is 0.378. The molecule has 78 valence electrons. The minimum absolute atomic E-state index is 0.378. The van der Waals surface area contributed by atoms with Gasteiger partial charge in [0.1, 0.15) is 16.5 Å². The largest absolute Gasteiger partial charge is 0.298 e. The fourth-order valence-electron chi connectivity index (χ4n) is 1.59. The maximum atomic E-state index is 5.81. The molecule has 0 radical (unpaired) electrons. The summed E-state index contributed by atoms with van der Waals surface area (Å²) >= 11 is 5.81. The fraction of sp³-hybridized carbons (Fsp3) is 0. The maximum Gasteiger partial charge on any atom is 0.148 e. The number of nitrogens with zero attached hydrogens (tertiary/aromatic N) is 4. The number of halogens is 1. The van der Waals surface area contributed by atoms with E-state index in [4.69, 9.17) is 11.6 Å². The number of hydrogen-bond donors (Lipinski definition) is 0. The SMILES string of the molecule is Clc1cncc(-c2cnc3ccccn23)n1. The minimum atomic E-state index is 0.378. The van der Waals surface area contributed by atoms with E-state index in [1.54, 1.807) is 12.4 Å². The molecule has 3 aromatic rings. The normalized spacial score (nSPS) is 10.8. The Balaban J connectivity index is 2.26. The highest BCUT2D eigenvalue weighted by Crippen LogP contribution is 2.18. The first kappa shape index (κ1) is 9.30. The fourth-order valence-corrected chi connectivity index (χ4v) is 1.73. The van der Waals surface area contributed by atoms with Crippen molar-refractivity contribution in [1.82, 2.24) is 19.4 Å². The molecule has 0 bridgehead atoms. The van der Waals surface area contributed by atoms with Crippen LogP contribution in [-0.4, -0.2) is 19.4 Å². The van der Waals surface area contributed by atoms with Crippen molar-refractivity contribution in [2.75, 3.05) is 0 Å². The number of imidazole rings is 1. The van der Waals surface area contributed by atoms with Gasteiger partial charge in [-0.25, -0.2) is 9.97 Å². The number of rotatable bonds is 1. The summed E-state index contributed by atoms with van der Waals surface area (Å²) in [5.41, 5.74) is 2.47. The van der Waals surface area contributed by atoms with Crippen molar-refractivity contribution in [3.8, 4) is 11.4 Å². The van der Waals surface area contributed by atoms with Crippen molar-refractivity contribution in [2.45, 2.75) is 0 Å². The molecule has 0 aliphatic rings. The summed E-state index contributed by atoms with van der Waals surface area (Å²) in [6.07, 6.45) is 6.87. The molecule has 0 N–H and O–H groups in total. The van der Waals surface area contributed by atoms with Crippen LogP contribution in [-0.2, 0) is 0 Å². The summed E-state index contributed by atoms with van der Waals surface area (Å²) in [7, 11) is 0. The number of pyridine rings is 1. The molecule has 3 aromatic heterocycles. The van der Waals surface area contributed by atoms with Crippen LogP contribution >= 0.6 is 11.6 Å². The van der Waals surface area contributed by atoms with Gasteiger partial charge in [0.05, 0.1) is 24.3 Å². The molecular weight excluding hydrogens is 224 g/mol. The van der Waals surface area contributed by atoms with Crippen LogP contribution in [0.2, 0.25) is 5.15 Å². The van der Waals surface area contributed by atoms with E-state index in [1.807, 2.05) is 28.8 Å². The second-order valence-corrected chi connectivity index (χ2v) is 3.69. The van der Waals surface area contributed by atoms with Crippen LogP contribution in [0.3, 0.4) is 0 Å². The van der Waals surface area contributed by atoms with Gasteiger partial charge in [-0.2, -0.15) is 0 Å². The number of hydrogen-bond acceptors (Lipinski definition) is 3. The van der Waals surface area contributed by atoms with Crippen molar-refractivity contribution < 1.29 is 0 Å². The van der Waals surface area contributed by atoms with Gasteiger partial charge in [-0.3, -0.25) is 9.38 Å². The van der Waals surface area contributed by atoms with Gasteiger partial charge in [-0.05, 0) is 12.1 Å². The molecule has 4 nitrogen and oxygen atoms in total. The second-order valence-electron chi connectivity index (χ2n) is 3.30. The van der Waals surface area contributed by atoms with Gasteiger partial charge in [0.25, 0.3) is 0 Å². The van der Waals surface area contributed by atoms with Gasteiger partial charge in [0.2, 0.25) is 0 Å². The highest BCUT2D eigenvalue weighted by molar-refractivity contribution is 6.29. The van der Waals surface area contributed by atoms with E-state index >= 15 is 0 Å². The lowest BCUT2D eigenvalue weighted by Gasteiger charge is -2.00. The van der Waals surface area contributed by atoms with E-state index < -0.39 is 0 Å². The van der Waals surface area contributed by atoms with Crippen molar-refractivity contribution in [2.24, 2.45) is 0 Å². The lowest BCUT2D eigenvalue weighted by Crippen LogP contribution is -1.90. The zero-order chi connectivity index (χ0) is 11.0. The lowest BCUT2D eigenvalue weighted by atomic mass is 10.3. The highest BCUT2D eigenvalue weighted by Gasteiger charge is 2.06. The average Bonchev–Trinajstić information content (AvgIpc) is 2.72. The van der Waals surface area contributed by atoms with Crippen molar-refractivity contribution >= 4 is 17.2 Å². The molecule has 0 saturated carbocycles. The van der Waals surface area contributed by atoms with E-state index in [2.05, 4.69) is 15.0 Å². The molecule has 0 unspecified atom stereocenters. The van der Waals surface area contributed by atoms with Gasteiger partial charge in [-0.1, -0.05) is 17.7 Å². The summed E-state index contributed by atoms with van der Waals surface area (Å²) < 4.78 is 1.94. The molecule has 3 heterocycles. The minimum Gasteiger partial charge on any atom is -0.298 e. The average molecular weight is 231 g/mol. The molecule has 0 spiro atoms. The van der Waals surface area contributed by atoms with Crippen LogP contribution in [0.4, 0.5) is 0 Å². The summed E-state index contributed by atoms with van der Waals surface area (Å²) in [6.45, 7) is 0. The third kappa shape index (κ3) is 1.44. The van der Waals surface area contributed by atoms with Crippen LogP contribution in [0.1, 0.15) is 0 Å². The third-order valence-corrected chi connectivity index (χ3v) is 2.47. The van der Waals surface area contributed by atoms with Gasteiger partial charge >= 0.3 is 0 Å². The predicted molar refractivity (Wildman–Crippen MR) is 61.2 cm³/mol. The number of fused-ring (bicyclic) bond motifs is 1. The van der Waals surface area contributed by atoms with Crippen molar-refractivity contribution in [3.63, 3.8) is 0 Å². The van der Waals surface area contributed by atoms with Crippen LogP contribution in [0, 0.1) is 0 Å². The molecule has 0 fully saturated rings. The zero-order valence-corrected chi connectivity index (χ0v) is 8.96. The maximum absolute atomic E-state index is 5.81. The molecule has 0 aliphatic heterocycles. The first-order valence-electron chi connectivity index (χ1n) is 4.74. The standard InChI is InChI=1S/C11H7ClN4/c12-10-7-13-5-8(15-10)9-6-14-11-3-1-2-4-16(9)11/h1-7H. The zero-order valence-electron chi connectivity index (χ0n) is 8.21. The van der Waals surface area contributed by atoms with Crippen molar-refractivity contribution in [3.05, 3.63) is 48.1 Å². The Hall–Kier alpha value is -1.94. The molecule has 0 aliphatic carbocycles. The van der Waals surface area contributed by atoms with Gasteiger partial charge < -0.3 is 0 Å². The van der Waals surface area contributed by atoms with Crippen LogP contribution in [0.15, 0.2) is 43.0 Å². The smallest absolute Gasteiger partial charge is 0.148 e. The predicted octanol–water partition coefficient (Wildman–Crippen LogP) is 2.44. The van der Waals surface area contributed by atoms with E-state index in [1.165, 1.54) is 6.20 Å². The van der Waals surface area contributed by atoms with Gasteiger partial charge in [0.15, 0.2) is 0 Å². The first-order valence-corrected chi connectivity index (χ1v) is 5.12. The Bertz CT molecular complexity index is 647. The summed E-state index contributed by atoms with van der Waals surface area (Å²) in [4.78, 5) is 12.5. The summed E-state index contributed by atoms with van der Waals surface area (Å²) in [5.74, 6) is 0. The Morgan fingerprint density at radius 1 is 1.12 bits per heavy atom. The van der Waals surface area contributed by atoms with E-state index in [-0.39, 0.29) is 0 Å². The van der Waals surface area contributed by atoms with Gasteiger partial charge in [0, 0.05) is 6.20 Å². The third-order valence-electron chi connectivity index (χ3n) is 2.28. The van der Waals surface area contributed by atoms with Crippen LogP contribution in [0.5, 0.6) is 0 Å². The first-order chi connectivity index (χ1) is 7.84. The molecule has 3 rings (SSSR count). The van der Waals surface area contributed by atoms with E-state index in [0.717, 1.165) is 11.3 Å². The monoisotopic (exact) mass is 230 g/mol. The summed E-state index contributed by atoms with van der Waals surface area (Å²) in [6, 6.07) is 5.81. The molecule has 0 atom stereocenters. The van der Waals surface area contributed by atoms with E-state index in [0.29, 0.717) is 10.8 Å². The van der Waals surface area contributed by atoms with Gasteiger partial charge in [-0.15, -0.1) is 0 Å². The topological polar surface area (TPSA) is 43.1 Å². The van der Waals surface area contributed by atoms with Crippen LogP contribution in [0.25, 0.3) is 17.0 Å². The molecule has 0 aromatic carbocycles. The highest BCUT2D eigenvalue weighted by atomic mass is 35.5. The number of aromatic nitrogens is 4. The Morgan fingerprint density at radius 3 is 2.94 bits per heavy atom. The Labute approximate surface area is 96.6 Å². The lowest BCUT2D eigenvalue weighted by molar-refractivity contribution is 1.14. The second kappa shape index (κ2) is 3.57. The quantitative estimate of drug-likeness (QED) is 0.645. The Morgan fingerprint density at radius 2 is 2.06 bits per heavy atom. The molecule has 0 saturated heterocycles. The molecule has 16 heavy (non-hydrogen) atoms. The van der Waals surface area contributed by atoms with Crippen molar-refractivity contribution in [1.29, 1.82) is 0 Å². The van der Waals surface area contributed by atoms with Crippen LogP contribution < -0.4 is 0 Å². The molecule has 0 amide bonds. The molecule has 5 heteroatoms. The molecular formula is C11H7ClN4. The Kier molecular flexibility index (Phi) is 2.08. The van der Waals surface area contributed by atoms with E-state index in [9.17, 15) is 0 Å².